The number of nitrogens with zero attached hydrogens (tertiary/aromatic N) is 6. The monoisotopic (exact) mass is 690 g/mol. The van der Waals surface area contributed by atoms with E-state index >= 15 is 0 Å². The van der Waals surface area contributed by atoms with Gasteiger partial charge in [0.05, 0.1) is 34.8 Å². The average molecular weight is 691 g/mol. The summed E-state index contributed by atoms with van der Waals surface area (Å²) in [6.45, 7) is 0.936. The molecule has 2 aliphatic heterocycles. The third-order valence-electron chi connectivity index (χ3n) is 7.08. The van der Waals surface area contributed by atoms with Crippen LogP contribution in [0.15, 0.2) is 70.5 Å². The lowest BCUT2D eigenvalue weighted by molar-refractivity contribution is -0.125. The lowest BCUT2D eigenvalue weighted by Gasteiger charge is -2.22. The summed E-state index contributed by atoms with van der Waals surface area (Å²) in [6, 6.07) is 22.4. The van der Waals surface area contributed by atoms with E-state index in [0.717, 1.165) is 23.5 Å². The summed E-state index contributed by atoms with van der Waals surface area (Å²) in [5, 5.41) is 18.0. The molecule has 10 nitrogen and oxygen atoms in total. The SMILES string of the molecule is N#CCCN(C(=O)CCCN1C(=O)/C(=C2\SC(=S)N(CCCC(=O)N(CCC#N)c3ccccc3)C2=O)SC1=S)c1ccccc1. The van der Waals surface area contributed by atoms with Crippen molar-refractivity contribution in [2.45, 2.75) is 38.5 Å². The average Bonchev–Trinajstić information content (AvgIpc) is 3.50. The standard InChI is InChI=1S/C32H30N6O4S4/c33-17-9-21-35(23-11-3-1-4-12-23)25(39)15-7-19-37-29(41)27(45-31(37)43)28-30(42)38(32(44)46-28)20-8-16-26(40)36(22-10-18-34)24-13-5-2-6-14-24/h1-6,11-14H,7-10,15-16,19-22H2/b28-27+. The van der Waals surface area contributed by atoms with Crippen molar-refractivity contribution in [3.63, 3.8) is 0 Å². The highest BCUT2D eigenvalue weighted by molar-refractivity contribution is 8.29. The topological polar surface area (TPSA) is 129 Å². The van der Waals surface area contributed by atoms with Crippen LogP contribution in [0.4, 0.5) is 11.4 Å². The van der Waals surface area contributed by atoms with E-state index in [1.54, 1.807) is 9.80 Å². The zero-order chi connectivity index (χ0) is 33.1. The number of nitriles is 2. The Morgan fingerprint density at radius 2 is 1.04 bits per heavy atom. The molecule has 14 heteroatoms. The number of carbonyl (C=O) groups is 4. The second-order valence-corrected chi connectivity index (χ2v) is 13.4. The van der Waals surface area contributed by atoms with Gasteiger partial charge < -0.3 is 9.80 Å². The maximum atomic E-state index is 13.4. The molecule has 4 amide bonds. The number of amides is 4. The molecule has 2 aromatic carbocycles. The van der Waals surface area contributed by atoms with Gasteiger partial charge in [0, 0.05) is 50.4 Å². The minimum Gasteiger partial charge on any atom is -0.311 e. The Balaban J connectivity index is 1.33. The van der Waals surface area contributed by atoms with E-state index in [0.29, 0.717) is 32.9 Å². The zero-order valence-electron chi connectivity index (χ0n) is 24.8. The molecule has 0 atom stereocenters. The molecule has 2 aromatic rings. The van der Waals surface area contributed by atoms with Crippen molar-refractivity contribution in [1.82, 2.24) is 9.80 Å². The summed E-state index contributed by atoms with van der Waals surface area (Å²) in [4.78, 5) is 59.1. The summed E-state index contributed by atoms with van der Waals surface area (Å²) in [5.74, 6) is -1.14. The van der Waals surface area contributed by atoms with E-state index in [4.69, 9.17) is 35.0 Å². The molecule has 0 aromatic heterocycles. The molecule has 0 N–H and O–H groups in total. The van der Waals surface area contributed by atoms with Crippen LogP contribution in [0.2, 0.25) is 0 Å². The van der Waals surface area contributed by atoms with Gasteiger partial charge in [-0.3, -0.25) is 29.0 Å². The van der Waals surface area contributed by atoms with E-state index in [1.807, 2.05) is 60.7 Å². The van der Waals surface area contributed by atoms with Crippen molar-refractivity contribution in [3.8, 4) is 12.1 Å². The quantitative estimate of drug-likeness (QED) is 0.188. The molecule has 4 rings (SSSR count). The molecule has 0 saturated carbocycles. The van der Waals surface area contributed by atoms with E-state index in [1.165, 1.54) is 9.80 Å². The number of thioether (sulfide) groups is 2. The highest BCUT2D eigenvalue weighted by Crippen LogP contribution is 2.42. The van der Waals surface area contributed by atoms with Gasteiger partial charge in [0.2, 0.25) is 11.8 Å². The number of benzene rings is 2. The highest BCUT2D eigenvalue weighted by Gasteiger charge is 2.41. The van der Waals surface area contributed by atoms with Gasteiger partial charge in [-0.1, -0.05) is 84.4 Å². The number of para-hydroxylation sites is 2. The lowest BCUT2D eigenvalue weighted by Crippen LogP contribution is -2.34. The lowest BCUT2D eigenvalue weighted by atomic mass is 10.2. The highest BCUT2D eigenvalue weighted by atomic mass is 32.2. The second-order valence-electron chi connectivity index (χ2n) is 10.1. The normalized spacial score (nSPS) is 16.0. The van der Waals surface area contributed by atoms with Crippen molar-refractivity contribution < 1.29 is 19.2 Å². The summed E-state index contributed by atoms with van der Waals surface area (Å²) < 4.78 is 0.595. The van der Waals surface area contributed by atoms with E-state index in [9.17, 15) is 19.2 Å². The fraction of sp³-hybridized carbons (Fsp3) is 0.312. The van der Waals surface area contributed by atoms with Crippen molar-refractivity contribution in [2.24, 2.45) is 0 Å². The Hall–Kier alpha value is -4.08. The van der Waals surface area contributed by atoms with Crippen LogP contribution < -0.4 is 9.80 Å². The first-order valence-electron chi connectivity index (χ1n) is 14.5. The zero-order valence-corrected chi connectivity index (χ0v) is 28.1. The van der Waals surface area contributed by atoms with Crippen LogP contribution in [-0.2, 0) is 19.2 Å². The largest absolute Gasteiger partial charge is 0.311 e. The molecular weight excluding hydrogens is 661 g/mol. The van der Waals surface area contributed by atoms with Crippen LogP contribution in [0.3, 0.4) is 0 Å². The molecule has 46 heavy (non-hydrogen) atoms. The number of thiocarbonyl (C=S) groups is 2. The molecule has 2 heterocycles. The Morgan fingerprint density at radius 1 is 0.674 bits per heavy atom. The van der Waals surface area contributed by atoms with Crippen molar-refractivity contribution in [1.29, 1.82) is 10.5 Å². The minimum absolute atomic E-state index is 0.145. The molecule has 0 spiro atoms. The van der Waals surface area contributed by atoms with Crippen molar-refractivity contribution >= 4 is 91.6 Å². The summed E-state index contributed by atoms with van der Waals surface area (Å²) in [5.41, 5.74) is 1.40. The van der Waals surface area contributed by atoms with Crippen LogP contribution in [0.25, 0.3) is 0 Å². The predicted octanol–water partition coefficient (Wildman–Crippen LogP) is 5.37. The van der Waals surface area contributed by atoms with E-state index in [-0.39, 0.29) is 73.5 Å². The van der Waals surface area contributed by atoms with Crippen LogP contribution in [0, 0.1) is 22.7 Å². The summed E-state index contributed by atoms with van der Waals surface area (Å²) in [6.07, 6.45) is 1.36. The van der Waals surface area contributed by atoms with Crippen LogP contribution in [-0.4, -0.2) is 68.2 Å². The number of carbonyl (C=O) groups excluding carboxylic acids is 4. The molecular formula is C32H30N6O4S4. The predicted molar refractivity (Wildman–Crippen MR) is 187 cm³/mol. The molecule has 2 aliphatic rings. The summed E-state index contributed by atoms with van der Waals surface area (Å²) in [7, 11) is 0. The fourth-order valence-electron chi connectivity index (χ4n) is 4.84. The van der Waals surface area contributed by atoms with Gasteiger partial charge in [-0.2, -0.15) is 10.5 Å². The number of hydrogen-bond donors (Lipinski definition) is 0. The minimum atomic E-state index is -0.404. The third-order valence-corrected chi connectivity index (χ3v) is 10.1. The molecule has 2 saturated heterocycles. The first kappa shape index (κ1) is 34.8. The van der Waals surface area contributed by atoms with Crippen LogP contribution in [0.5, 0.6) is 0 Å². The van der Waals surface area contributed by atoms with Gasteiger partial charge >= 0.3 is 0 Å². The fourth-order valence-corrected chi connectivity index (χ4v) is 7.61. The Morgan fingerprint density at radius 3 is 1.39 bits per heavy atom. The molecule has 0 bridgehead atoms. The molecule has 0 aliphatic carbocycles. The maximum absolute atomic E-state index is 13.4. The van der Waals surface area contributed by atoms with Crippen molar-refractivity contribution in [3.05, 3.63) is 70.5 Å². The summed E-state index contributed by atoms with van der Waals surface area (Å²) >= 11 is 13.0. The van der Waals surface area contributed by atoms with Gasteiger partial charge in [-0.25, -0.2) is 0 Å². The van der Waals surface area contributed by atoms with Gasteiger partial charge in [0.1, 0.15) is 8.64 Å². The Labute approximate surface area is 287 Å². The first-order chi connectivity index (χ1) is 22.3. The number of rotatable bonds is 14. The molecule has 2 fully saturated rings. The van der Waals surface area contributed by atoms with Gasteiger partial charge in [0.15, 0.2) is 0 Å². The Kier molecular flexibility index (Phi) is 12.9. The smallest absolute Gasteiger partial charge is 0.267 e. The van der Waals surface area contributed by atoms with Gasteiger partial charge in [0.25, 0.3) is 11.8 Å². The van der Waals surface area contributed by atoms with Crippen molar-refractivity contribution in [2.75, 3.05) is 36.0 Å². The maximum Gasteiger partial charge on any atom is 0.267 e. The second kappa shape index (κ2) is 17.0. The molecule has 0 radical (unpaired) electrons. The molecule has 236 valence electrons. The van der Waals surface area contributed by atoms with Gasteiger partial charge in [-0.05, 0) is 37.1 Å². The van der Waals surface area contributed by atoms with Gasteiger partial charge in [-0.15, -0.1) is 0 Å². The van der Waals surface area contributed by atoms with Crippen LogP contribution >= 0.6 is 48.0 Å². The number of hydrogen-bond acceptors (Lipinski definition) is 10. The molecule has 0 unspecified atom stereocenters. The van der Waals surface area contributed by atoms with E-state index in [2.05, 4.69) is 12.1 Å². The number of anilines is 2. The Bertz CT molecular complexity index is 1500. The third kappa shape index (κ3) is 8.59. The van der Waals surface area contributed by atoms with Crippen LogP contribution in [0.1, 0.15) is 38.5 Å². The van der Waals surface area contributed by atoms with E-state index < -0.39 is 11.8 Å². The first-order valence-corrected chi connectivity index (χ1v) is 17.0.